The highest BCUT2D eigenvalue weighted by molar-refractivity contribution is 6.05. The zero-order valence-corrected chi connectivity index (χ0v) is 15.3. The van der Waals surface area contributed by atoms with Crippen LogP contribution < -0.4 is 9.47 Å². The summed E-state index contributed by atoms with van der Waals surface area (Å²) < 4.78 is 55.7. The number of carbonyl (C=O) groups excluding carboxylic acids is 2. The Balaban J connectivity index is 1.71. The van der Waals surface area contributed by atoms with Gasteiger partial charge in [0.2, 0.25) is 12.6 Å². The SMILES string of the molecule is COC1=C[C@@]23CCN(C(=O)C(F)(F)F)[C@@H](Cc4cc5c(cc42)OCO5)C3=CC1=O. The van der Waals surface area contributed by atoms with Crippen LogP contribution in [0, 0.1) is 0 Å². The van der Waals surface area contributed by atoms with Gasteiger partial charge in [-0.25, -0.2) is 0 Å². The van der Waals surface area contributed by atoms with Crippen molar-refractivity contribution in [2.75, 3.05) is 20.4 Å². The molecule has 2 aliphatic heterocycles. The van der Waals surface area contributed by atoms with Crippen molar-refractivity contribution in [1.82, 2.24) is 4.90 Å². The third kappa shape index (κ3) is 2.42. The molecule has 6 nitrogen and oxygen atoms in total. The maximum absolute atomic E-state index is 13.2. The molecule has 0 spiro atoms. The van der Waals surface area contributed by atoms with Gasteiger partial charge in [-0.05, 0) is 53.8 Å². The third-order valence-corrected chi connectivity index (χ3v) is 6.12. The van der Waals surface area contributed by atoms with Crippen LogP contribution in [-0.4, -0.2) is 49.3 Å². The molecule has 1 amide bonds. The second kappa shape index (κ2) is 5.77. The van der Waals surface area contributed by atoms with Crippen LogP contribution in [0.5, 0.6) is 11.5 Å². The number of rotatable bonds is 1. The quantitative estimate of drug-likeness (QED) is 0.716. The van der Waals surface area contributed by atoms with E-state index in [9.17, 15) is 22.8 Å². The molecule has 0 N–H and O–H groups in total. The van der Waals surface area contributed by atoms with Crippen LogP contribution in [0.3, 0.4) is 0 Å². The van der Waals surface area contributed by atoms with Crippen LogP contribution >= 0.6 is 0 Å². The number of hydrogen-bond acceptors (Lipinski definition) is 5. The predicted molar refractivity (Wildman–Crippen MR) is 92.3 cm³/mol. The van der Waals surface area contributed by atoms with Gasteiger partial charge < -0.3 is 19.1 Å². The molecule has 29 heavy (non-hydrogen) atoms. The number of fused-ring (bicyclic) bond motifs is 2. The molecule has 2 atom stereocenters. The Morgan fingerprint density at radius 3 is 2.69 bits per heavy atom. The van der Waals surface area contributed by atoms with Gasteiger partial charge in [0.1, 0.15) is 0 Å². The maximum atomic E-state index is 13.2. The van der Waals surface area contributed by atoms with Gasteiger partial charge in [-0.3, -0.25) is 9.59 Å². The smallest absolute Gasteiger partial charge is 0.471 e. The van der Waals surface area contributed by atoms with Crippen molar-refractivity contribution in [3.05, 3.63) is 46.7 Å². The molecule has 1 fully saturated rings. The first-order chi connectivity index (χ1) is 13.7. The molecule has 5 rings (SSSR count). The second-order valence-corrected chi connectivity index (χ2v) is 7.48. The summed E-state index contributed by atoms with van der Waals surface area (Å²) in [6, 6.07) is 2.70. The van der Waals surface area contributed by atoms with Gasteiger partial charge in [-0.2, -0.15) is 13.2 Å². The van der Waals surface area contributed by atoms with E-state index < -0.39 is 29.3 Å². The number of methoxy groups -OCH3 is 1. The summed E-state index contributed by atoms with van der Waals surface area (Å²) in [5.74, 6) is -1.12. The van der Waals surface area contributed by atoms with E-state index in [2.05, 4.69) is 0 Å². The van der Waals surface area contributed by atoms with Crippen molar-refractivity contribution < 1.29 is 37.0 Å². The molecule has 2 bridgehead atoms. The number of likely N-dealkylation sites (tertiary alicyclic amines) is 1. The molecular formula is C20H16F3NO5. The minimum absolute atomic E-state index is 0.0632. The Bertz CT molecular complexity index is 1010. The number of alkyl halides is 3. The Kier molecular flexibility index (Phi) is 3.60. The van der Waals surface area contributed by atoms with Crippen molar-refractivity contribution in [2.24, 2.45) is 0 Å². The number of ether oxygens (including phenoxy) is 3. The first-order valence-corrected chi connectivity index (χ1v) is 9.08. The van der Waals surface area contributed by atoms with Crippen molar-refractivity contribution in [2.45, 2.75) is 30.5 Å². The maximum Gasteiger partial charge on any atom is 0.471 e. The summed E-state index contributed by atoms with van der Waals surface area (Å²) in [5, 5.41) is 0. The lowest BCUT2D eigenvalue weighted by Gasteiger charge is -2.53. The summed E-state index contributed by atoms with van der Waals surface area (Å²) in [5.41, 5.74) is 1.25. The number of allylic oxidation sites excluding steroid dienone is 2. The topological polar surface area (TPSA) is 65.1 Å². The van der Waals surface area contributed by atoms with Gasteiger partial charge in [0, 0.05) is 12.0 Å². The zero-order valence-electron chi connectivity index (χ0n) is 15.3. The zero-order chi connectivity index (χ0) is 20.6. The summed E-state index contributed by atoms with van der Waals surface area (Å²) in [7, 11) is 1.38. The Hall–Kier alpha value is -2.97. The molecule has 152 valence electrons. The number of piperidine rings is 1. The molecule has 0 saturated carbocycles. The van der Waals surface area contributed by atoms with Crippen molar-refractivity contribution in [3.63, 3.8) is 0 Å². The fourth-order valence-electron chi connectivity index (χ4n) is 4.88. The molecule has 2 heterocycles. The molecule has 0 unspecified atom stereocenters. The van der Waals surface area contributed by atoms with Crippen LogP contribution in [0.15, 0.2) is 35.6 Å². The Morgan fingerprint density at radius 1 is 1.28 bits per heavy atom. The summed E-state index contributed by atoms with van der Waals surface area (Å²) in [6.07, 6.45) is -1.63. The molecule has 1 aromatic carbocycles. The number of halogens is 3. The van der Waals surface area contributed by atoms with Gasteiger partial charge >= 0.3 is 12.1 Å². The van der Waals surface area contributed by atoms with Gasteiger partial charge in [0.15, 0.2) is 17.3 Å². The van der Waals surface area contributed by atoms with Crippen LogP contribution in [0.1, 0.15) is 17.5 Å². The minimum atomic E-state index is -4.98. The highest BCUT2D eigenvalue weighted by atomic mass is 19.4. The lowest BCUT2D eigenvalue weighted by molar-refractivity contribution is -0.188. The molecule has 1 saturated heterocycles. The fraction of sp³-hybridized carbons (Fsp3) is 0.400. The Labute approximate surface area is 163 Å². The third-order valence-electron chi connectivity index (χ3n) is 6.12. The number of amides is 1. The van der Waals surface area contributed by atoms with Gasteiger partial charge in [0.25, 0.3) is 0 Å². The van der Waals surface area contributed by atoms with E-state index in [0.29, 0.717) is 17.1 Å². The highest BCUT2D eigenvalue weighted by Gasteiger charge is 2.55. The fourth-order valence-corrected chi connectivity index (χ4v) is 4.88. The molecular weight excluding hydrogens is 391 g/mol. The predicted octanol–water partition coefficient (Wildman–Crippen LogP) is 2.41. The first kappa shape index (κ1) is 18.1. The van der Waals surface area contributed by atoms with E-state index in [1.807, 2.05) is 6.07 Å². The van der Waals surface area contributed by atoms with Gasteiger partial charge in [0.05, 0.1) is 13.2 Å². The van der Waals surface area contributed by atoms with Gasteiger partial charge in [-0.1, -0.05) is 0 Å². The van der Waals surface area contributed by atoms with Crippen molar-refractivity contribution in [1.29, 1.82) is 0 Å². The number of benzene rings is 1. The normalized spacial score (nSPS) is 27.0. The monoisotopic (exact) mass is 407 g/mol. The lowest BCUT2D eigenvalue weighted by Crippen LogP contribution is -2.59. The second-order valence-electron chi connectivity index (χ2n) is 7.48. The number of hydrogen-bond donors (Lipinski definition) is 0. The summed E-state index contributed by atoms with van der Waals surface area (Å²) in [6.45, 7) is -0.0242. The number of nitrogens with zero attached hydrogens (tertiary/aromatic N) is 1. The van der Waals surface area contributed by atoms with Crippen LogP contribution in [0.25, 0.3) is 0 Å². The Morgan fingerprint density at radius 2 is 2.00 bits per heavy atom. The average Bonchev–Trinajstić information content (AvgIpc) is 3.13. The van der Waals surface area contributed by atoms with Crippen LogP contribution in [-0.2, 0) is 26.2 Å². The van der Waals surface area contributed by atoms with E-state index in [1.165, 1.54) is 13.2 Å². The van der Waals surface area contributed by atoms with Crippen molar-refractivity contribution in [3.8, 4) is 11.5 Å². The standard InChI is InChI=1S/C20H16F3NO5/c1-27-17-8-19-2-3-24(18(26)20(21,22)23)13(12(19)6-14(17)25)4-10-5-15-16(7-11(10)19)29-9-28-15/h5-8,13H,2-4,9H2,1H3/t13-,19-/m0/s1. The largest absolute Gasteiger partial charge is 0.493 e. The summed E-state index contributed by atoms with van der Waals surface area (Å²) >= 11 is 0. The molecule has 1 aromatic rings. The molecule has 2 aliphatic carbocycles. The summed E-state index contributed by atoms with van der Waals surface area (Å²) in [4.78, 5) is 25.4. The van der Waals surface area contributed by atoms with E-state index >= 15 is 0 Å². The minimum Gasteiger partial charge on any atom is -0.493 e. The molecule has 0 radical (unpaired) electrons. The van der Waals surface area contributed by atoms with Gasteiger partial charge in [-0.15, -0.1) is 0 Å². The van der Waals surface area contributed by atoms with Crippen molar-refractivity contribution >= 4 is 11.7 Å². The van der Waals surface area contributed by atoms with Crippen LogP contribution in [0.2, 0.25) is 0 Å². The van der Waals surface area contributed by atoms with E-state index in [0.717, 1.165) is 16.0 Å². The van der Waals surface area contributed by atoms with E-state index in [4.69, 9.17) is 14.2 Å². The highest BCUT2D eigenvalue weighted by Crippen LogP contribution is 2.54. The number of carbonyl (C=O) groups is 2. The number of ketones is 1. The van der Waals surface area contributed by atoms with Crippen LogP contribution in [0.4, 0.5) is 13.2 Å². The van der Waals surface area contributed by atoms with E-state index in [1.54, 1.807) is 12.1 Å². The first-order valence-electron chi connectivity index (χ1n) is 9.08. The molecule has 0 aromatic heterocycles. The average molecular weight is 407 g/mol. The lowest BCUT2D eigenvalue weighted by atomic mass is 9.58. The molecule has 9 heteroatoms. The van der Waals surface area contributed by atoms with E-state index in [-0.39, 0.29) is 31.9 Å². The molecule has 4 aliphatic rings.